The first kappa shape index (κ1) is 77.7. The molecular formula is C71H126N2O7P+. The van der Waals surface area contributed by atoms with Crippen LogP contribution >= 0.6 is 7.82 Å². The summed E-state index contributed by atoms with van der Waals surface area (Å²) < 4.78 is 30.7. The SMILES string of the molecule is CC/C=C\C/C=C\C/C=C\C/C=C\C/C=C\CCCCCC(=O)OC(/C=C\CCCCCCCCCCCCC)C(COP(=O)(O)OCC[N+](C)(C)C)NC(=O)CCCCCCCCCCCC/C=C\C/C=C\C/C=C\CCCCC. The average Bonchev–Trinajstić information content (AvgIpc) is 3.44. The third-order valence-corrected chi connectivity index (χ3v) is 15.2. The zero-order valence-corrected chi connectivity index (χ0v) is 54.1. The Bertz CT molecular complexity index is 1750. The van der Waals surface area contributed by atoms with Crippen molar-refractivity contribution in [3.05, 3.63) is 109 Å². The van der Waals surface area contributed by atoms with E-state index in [2.05, 4.69) is 123 Å². The first-order valence-corrected chi connectivity index (χ1v) is 34.7. The number of allylic oxidation sites excluding steroid dienone is 17. The number of esters is 1. The smallest absolute Gasteiger partial charge is 0.456 e. The highest BCUT2D eigenvalue weighted by atomic mass is 31.2. The molecule has 3 atom stereocenters. The number of rotatable bonds is 59. The van der Waals surface area contributed by atoms with Crippen LogP contribution in [0.5, 0.6) is 0 Å². The maximum atomic E-state index is 13.6. The van der Waals surface area contributed by atoms with Gasteiger partial charge in [-0.15, -0.1) is 0 Å². The van der Waals surface area contributed by atoms with Crippen LogP contribution < -0.4 is 5.32 Å². The Morgan fingerprint density at radius 1 is 0.444 bits per heavy atom. The van der Waals surface area contributed by atoms with Gasteiger partial charge in [0.05, 0.1) is 33.8 Å². The van der Waals surface area contributed by atoms with Gasteiger partial charge in [-0.1, -0.05) is 259 Å². The molecule has 0 saturated heterocycles. The molecule has 0 aromatic rings. The monoisotopic (exact) mass is 1150 g/mol. The minimum Gasteiger partial charge on any atom is -0.456 e. The average molecular weight is 1150 g/mol. The molecule has 1 amide bonds. The molecule has 0 aliphatic heterocycles. The summed E-state index contributed by atoms with van der Waals surface area (Å²) >= 11 is 0. The molecule has 0 aliphatic rings. The molecule has 0 radical (unpaired) electrons. The highest BCUT2D eigenvalue weighted by Gasteiger charge is 2.30. The number of phosphoric acid groups is 1. The van der Waals surface area contributed by atoms with Crippen LogP contribution in [-0.2, 0) is 27.9 Å². The van der Waals surface area contributed by atoms with E-state index in [0.29, 0.717) is 23.9 Å². The molecule has 0 spiro atoms. The lowest BCUT2D eigenvalue weighted by Gasteiger charge is -2.27. The Morgan fingerprint density at radius 3 is 1.22 bits per heavy atom. The molecular weight excluding hydrogens is 1020 g/mol. The first-order chi connectivity index (χ1) is 39.4. The summed E-state index contributed by atoms with van der Waals surface area (Å²) in [5.41, 5.74) is 0. The van der Waals surface area contributed by atoms with E-state index < -0.39 is 20.0 Å². The molecule has 0 saturated carbocycles. The van der Waals surface area contributed by atoms with Crippen molar-refractivity contribution in [1.29, 1.82) is 0 Å². The van der Waals surface area contributed by atoms with Gasteiger partial charge in [0.2, 0.25) is 5.91 Å². The van der Waals surface area contributed by atoms with Crippen LogP contribution in [0.15, 0.2) is 109 Å². The lowest BCUT2D eigenvalue weighted by molar-refractivity contribution is -0.870. The van der Waals surface area contributed by atoms with E-state index in [4.69, 9.17) is 13.8 Å². The van der Waals surface area contributed by atoms with E-state index in [9.17, 15) is 19.0 Å². The summed E-state index contributed by atoms with van der Waals surface area (Å²) in [6.07, 6.45) is 82.3. The van der Waals surface area contributed by atoms with Crippen LogP contribution in [0.1, 0.15) is 278 Å². The zero-order chi connectivity index (χ0) is 59.3. The highest BCUT2D eigenvalue weighted by Crippen LogP contribution is 2.43. The van der Waals surface area contributed by atoms with Gasteiger partial charge in [0.1, 0.15) is 19.3 Å². The van der Waals surface area contributed by atoms with Gasteiger partial charge >= 0.3 is 13.8 Å². The topological polar surface area (TPSA) is 111 Å². The number of hydrogen-bond donors (Lipinski definition) is 2. The third kappa shape index (κ3) is 61.1. The van der Waals surface area contributed by atoms with E-state index in [1.807, 2.05) is 33.3 Å². The minimum absolute atomic E-state index is 0.0288. The Kier molecular flexibility index (Phi) is 57.4. The maximum Gasteiger partial charge on any atom is 0.472 e. The molecule has 0 fully saturated rings. The molecule has 2 N–H and O–H groups in total. The molecule has 0 aromatic heterocycles. The van der Waals surface area contributed by atoms with Crippen molar-refractivity contribution in [3.8, 4) is 0 Å². The number of carbonyl (C=O) groups excluding carboxylic acids is 2. The summed E-state index contributed by atoms with van der Waals surface area (Å²) in [6, 6.07) is -0.872. The Labute approximate surface area is 500 Å². The summed E-state index contributed by atoms with van der Waals surface area (Å²) in [6.45, 7) is 6.85. The molecule has 0 aromatic carbocycles. The number of quaternary nitrogens is 1. The largest absolute Gasteiger partial charge is 0.472 e. The fraction of sp³-hybridized carbons (Fsp3) is 0.718. The summed E-state index contributed by atoms with van der Waals surface area (Å²) in [5.74, 6) is -0.549. The third-order valence-electron chi connectivity index (χ3n) is 14.2. The number of phosphoric ester groups is 1. The van der Waals surface area contributed by atoms with Crippen molar-refractivity contribution in [2.24, 2.45) is 0 Å². The standard InChI is InChI=1S/C71H125N2O7P/c1-7-10-13-16-19-22-25-28-30-32-34-35-36-37-39-40-42-45-48-51-54-57-60-63-70(74)72-68(67-79-81(76,77)78-66-65-73(4,5)6)69(62-59-56-53-50-47-44-27-24-21-18-15-12-9-3)80-71(75)64-61-58-55-52-49-46-43-41-38-33-31-29-26-23-20-17-14-11-8-2/h11,14,19-20,22-23,28-31,34-35,38,41,46,49,59,62,68-69H,7-10,12-13,15-18,21,24-27,32-33,36-37,39-40,42-45,47-48,50-58,60-61,63-67H2,1-6H3,(H-,72,74,76,77)/p+1/b14-11-,22-19-,23-20-,30-28-,31-29-,35-34-,41-38-,49-46-,62-59-. The van der Waals surface area contributed by atoms with Gasteiger partial charge < -0.3 is 19.4 Å². The first-order valence-electron chi connectivity index (χ1n) is 33.2. The van der Waals surface area contributed by atoms with Crippen molar-refractivity contribution in [3.63, 3.8) is 0 Å². The fourth-order valence-corrected chi connectivity index (χ4v) is 9.83. The van der Waals surface area contributed by atoms with Gasteiger partial charge in [0.25, 0.3) is 0 Å². The lowest BCUT2D eigenvalue weighted by Crippen LogP contribution is -2.47. The van der Waals surface area contributed by atoms with Gasteiger partial charge in [-0.25, -0.2) is 4.57 Å². The highest BCUT2D eigenvalue weighted by molar-refractivity contribution is 7.47. The lowest BCUT2D eigenvalue weighted by atomic mass is 10.0. The molecule has 0 heterocycles. The normalized spacial score (nSPS) is 14.3. The quantitative estimate of drug-likeness (QED) is 0.0205. The molecule has 3 unspecified atom stereocenters. The Hall–Kier alpha value is -3.33. The van der Waals surface area contributed by atoms with Gasteiger partial charge in [0, 0.05) is 12.8 Å². The van der Waals surface area contributed by atoms with Crippen LogP contribution in [0.4, 0.5) is 0 Å². The van der Waals surface area contributed by atoms with Crippen molar-refractivity contribution < 1.29 is 37.3 Å². The predicted molar refractivity (Wildman–Crippen MR) is 350 cm³/mol. The molecule has 0 bridgehead atoms. The maximum absolute atomic E-state index is 13.6. The number of nitrogens with one attached hydrogen (secondary N) is 1. The van der Waals surface area contributed by atoms with E-state index in [1.54, 1.807) is 0 Å². The number of amides is 1. The number of nitrogens with zero attached hydrogens (tertiary/aromatic N) is 1. The van der Waals surface area contributed by atoms with Gasteiger partial charge in [-0.05, 0) is 115 Å². The van der Waals surface area contributed by atoms with E-state index in [-0.39, 0.29) is 31.5 Å². The van der Waals surface area contributed by atoms with Crippen molar-refractivity contribution in [2.75, 3.05) is 40.9 Å². The number of unbranched alkanes of at least 4 members (excludes halogenated alkanes) is 27. The second-order valence-electron chi connectivity index (χ2n) is 23.3. The Balaban J connectivity index is 5.27. The molecule has 0 aliphatic carbocycles. The van der Waals surface area contributed by atoms with Crippen molar-refractivity contribution in [1.82, 2.24) is 5.32 Å². The Morgan fingerprint density at radius 2 is 0.790 bits per heavy atom. The second-order valence-corrected chi connectivity index (χ2v) is 24.7. The zero-order valence-electron chi connectivity index (χ0n) is 53.2. The number of ether oxygens (including phenoxy) is 1. The number of likely N-dealkylation sites (N-methyl/N-ethyl adjacent to an activating group) is 1. The van der Waals surface area contributed by atoms with Crippen molar-refractivity contribution >= 4 is 19.7 Å². The molecule has 466 valence electrons. The summed E-state index contributed by atoms with van der Waals surface area (Å²) in [4.78, 5) is 37.8. The second kappa shape index (κ2) is 59.8. The molecule has 81 heavy (non-hydrogen) atoms. The molecule has 0 rings (SSSR count). The van der Waals surface area contributed by atoms with Crippen molar-refractivity contribution in [2.45, 2.75) is 290 Å². The number of carbonyl (C=O) groups is 2. The summed E-state index contributed by atoms with van der Waals surface area (Å²) in [7, 11) is 1.46. The van der Waals surface area contributed by atoms with Crippen LogP contribution in [0, 0.1) is 0 Å². The van der Waals surface area contributed by atoms with Crippen LogP contribution in [0.3, 0.4) is 0 Å². The van der Waals surface area contributed by atoms with Gasteiger partial charge in [-0.3, -0.25) is 18.6 Å². The van der Waals surface area contributed by atoms with Crippen LogP contribution in [-0.4, -0.2) is 74.3 Å². The van der Waals surface area contributed by atoms with Gasteiger partial charge in [-0.2, -0.15) is 0 Å². The predicted octanol–water partition coefficient (Wildman–Crippen LogP) is 20.9. The van der Waals surface area contributed by atoms with E-state index in [0.717, 1.165) is 116 Å². The summed E-state index contributed by atoms with van der Waals surface area (Å²) in [5, 5.41) is 3.05. The van der Waals surface area contributed by atoms with Crippen LogP contribution in [0.2, 0.25) is 0 Å². The molecule has 10 heteroatoms. The molecule has 9 nitrogen and oxygen atoms in total. The minimum atomic E-state index is -4.47. The fourth-order valence-electron chi connectivity index (χ4n) is 9.09. The van der Waals surface area contributed by atoms with Crippen LogP contribution in [0.25, 0.3) is 0 Å². The van der Waals surface area contributed by atoms with E-state index >= 15 is 0 Å². The van der Waals surface area contributed by atoms with E-state index in [1.165, 1.54) is 122 Å². The van der Waals surface area contributed by atoms with Gasteiger partial charge in [0.15, 0.2) is 0 Å². The number of hydrogen-bond acceptors (Lipinski definition) is 6.